The van der Waals surface area contributed by atoms with E-state index in [1.165, 1.54) is 65.1 Å². The highest BCUT2D eigenvalue weighted by atomic mass is 16.5. The van der Waals surface area contributed by atoms with Crippen molar-refractivity contribution in [1.29, 1.82) is 0 Å². The third-order valence-corrected chi connectivity index (χ3v) is 12.7. The molecule has 5 aromatic carbocycles. The van der Waals surface area contributed by atoms with E-state index >= 15 is 0 Å². The molecule has 0 bridgehead atoms. The molecule has 0 radical (unpaired) electrons. The number of carbonyl (C=O) groups excluding carboxylic acids is 1. The van der Waals surface area contributed by atoms with Crippen LogP contribution in [0.5, 0.6) is 17.2 Å². The van der Waals surface area contributed by atoms with E-state index in [9.17, 15) is 15.0 Å². The number of Topliss-reactive ketones (excluding diaryl/α,β-unsaturated/α-hetero) is 1. The van der Waals surface area contributed by atoms with Gasteiger partial charge in [0.05, 0.1) is 0 Å². The molecule has 0 aliphatic heterocycles. The maximum Gasteiger partial charge on any atom is 0.163 e. The number of benzene rings is 5. The van der Waals surface area contributed by atoms with Crippen molar-refractivity contribution in [3.8, 4) is 39.5 Å². The van der Waals surface area contributed by atoms with E-state index in [1.54, 1.807) is 25.1 Å². The zero-order chi connectivity index (χ0) is 41.1. The maximum absolute atomic E-state index is 12.7. The summed E-state index contributed by atoms with van der Waals surface area (Å²) in [6.45, 7) is 13.6. The Morgan fingerprint density at radius 1 is 0.845 bits per heavy atom. The summed E-state index contributed by atoms with van der Waals surface area (Å²) in [6, 6.07) is 32.9. The van der Waals surface area contributed by atoms with Crippen LogP contribution in [0.2, 0.25) is 0 Å². The molecular weight excluding hydrogens is 717 g/mol. The molecule has 302 valence electrons. The summed E-state index contributed by atoms with van der Waals surface area (Å²) in [4.78, 5) is 14.9. The van der Waals surface area contributed by atoms with Gasteiger partial charge in [-0.2, -0.15) is 0 Å². The highest BCUT2D eigenvalue weighted by Gasteiger charge is 2.28. The summed E-state index contributed by atoms with van der Waals surface area (Å²) < 4.78 is 8.78. The Bertz CT molecular complexity index is 2330. The van der Waals surface area contributed by atoms with Crippen molar-refractivity contribution in [2.75, 3.05) is 13.8 Å². The summed E-state index contributed by atoms with van der Waals surface area (Å²) in [5, 5.41) is 23.4. The number of aromatic hydroxyl groups is 2. The molecule has 2 atom stereocenters. The molecular formula is C52H60N2O4. The first-order chi connectivity index (χ1) is 27.8. The van der Waals surface area contributed by atoms with Crippen LogP contribution in [0, 0.1) is 18.8 Å². The Labute approximate surface area is 344 Å². The summed E-state index contributed by atoms with van der Waals surface area (Å²) >= 11 is 0. The van der Waals surface area contributed by atoms with Gasteiger partial charge in [-0.25, -0.2) is 0 Å². The Morgan fingerprint density at radius 2 is 1.45 bits per heavy atom. The Kier molecular flexibility index (Phi) is 12.2. The van der Waals surface area contributed by atoms with Crippen LogP contribution in [-0.2, 0) is 13.0 Å². The monoisotopic (exact) mass is 776 g/mol. The quantitative estimate of drug-likeness (QED) is 0.0654. The molecule has 6 nitrogen and oxygen atoms in total. The first-order valence-corrected chi connectivity index (χ1v) is 21.1. The van der Waals surface area contributed by atoms with Gasteiger partial charge in [0.1, 0.15) is 12.5 Å². The Balaban J connectivity index is 1.13. The second-order valence-electron chi connectivity index (χ2n) is 17.5. The van der Waals surface area contributed by atoms with Crippen molar-refractivity contribution >= 4 is 27.6 Å². The topological polar surface area (TPSA) is 74.9 Å². The molecule has 0 saturated heterocycles. The smallest absolute Gasteiger partial charge is 0.163 e. The molecule has 1 heterocycles. The van der Waals surface area contributed by atoms with E-state index in [2.05, 4.69) is 118 Å². The lowest BCUT2D eigenvalue weighted by atomic mass is 9.79. The van der Waals surface area contributed by atoms with Crippen LogP contribution >= 0.6 is 0 Å². The molecule has 58 heavy (non-hydrogen) atoms. The van der Waals surface area contributed by atoms with Crippen LogP contribution in [0.25, 0.3) is 44.1 Å². The average Bonchev–Trinajstić information content (AvgIpc) is 3.51. The highest BCUT2D eigenvalue weighted by Crippen LogP contribution is 2.38. The molecule has 1 aromatic heterocycles. The number of phenolic OH excluding ortho intramolecular Hbond substituents is 2. The van der Waals surface area contributed by atoms with E-state index in [1.807, 2.05) is 18.2 Å². The molecule has 6 heteroatoms. The zero-order valence-electron chi connectivity index (χ0n) is 35.4. The lowest BCUT2D eigenvalue weighted by Crippen LogP contribution is -2.46. The molecule has 1 saturated carbocycles. The second kappa shape index (κ2) is 17.3. The van der Waals surface area contributed by atoms with Crippen molar-refractivity contribution < 1.29 is 19.7 Å². The van der Waals surface area contributed by atoms with E-state index in [0.29, 0.717) is 30.2 Å². The number of aryl methyl sites for hydroxylation is 2. The van der Waals surface area contributed by atoms with Crippen LogP contribution in [0.15, 0.2) is 109 Å². The molecule has 1 aliphatic carbocycles. The van der Waals surface area contributed by atoms with Crippen LogP contribution < -0.4 is 4.74 Å². The second-order valence-corrected chi connectivity index (χ2v) is 17.5. The molecule has 2 unspecified atom stereocenters. The van der Waals surface area contributed by atoms with E-state index in [4.69, 9.17) is 4.74 Å². The lowest BCUT2D eigenvalue weighted by molar-refractivity contribution is 0.0517. The summed E-state index contributed by atoms with van der Waals surface area (Å²) in [5.41, 5.74) is 10.5. The van der Waals surface area contributed by atoms with Gasteiger partial charge in [-0.3, -0.25) is 9.69 Å². The summed E-state index contributed by atoms with van der Waals surface area (Å²) in [7, 11) is 2.05. The van der Waals surface area contributed by atoms with Crippen molar-refractivity contribution in [3.05, 3.63) is 125 Å². The lowest BCUT2D eigenvalue weighted by Gasteiger charge is -2.36. The number of nitrogens with zero attached hydrogens (tertiary/aromatic N) is 2. The number of likely N-dealkylation sites (N-methyl/N-ethyl adjacent to an activating group) is 1. The Morgan fingerprint density at radius 3 is 2.05 bits per heavy atom. The van der Waals surface area contributed by atoms with Gasteiger partial charge in [0, 0.05) is 39.5 Å². The number of ether oxygens (including phenoxy) is 1. The normalized spacial score (nSPS) is 16.4. The van der Waals surface area contributed by atoms with Crippen LogP contribution in [0.3, 0.4) is 0 Å². The molecule has 0 amide bonds. The minimum absolute atomic E-state index is 0.0172. The maximum atomic E-state index is 12.7. The number of allylic oxidation sites excluding steroid dienone is 2. The Hall–Kier alpha value is -5.33. The number of hydrogen-bond acceptors (Lipinski definition) is 5. The largest absolute Gasteiger partial charge is 0.508 e. The molecule has 0 spiro atoms. The number of carbonyl (C=O) groups is 1. The number of phenols is 2. The van der Waals surface area contributed by atoms with Crippen LogP contribution in [0.1, 0.15) is 94.6 Å². The van der Waals surface area contributed by atoms with Crippen molar-refractivity contribution in [3.63, 3.8) is 0 Å². The van der Waals surface area contributed by atoms with Gasteiger partial charge in [0.15, 0.2) is 17.3 Å². The van der Waals surface area contributed by atoms with Crippen molar-refractivity contribution in [1.82, 2.24) is 9.47 Å². The molecule has 7 rings (SSSR count). The SMILES string of the molecule is CCC1CCCC(C=C(C)CCc2cc(OCN(C)C(C)(C)Cn3c4ccc(-c5ccc(C)cc5)cc4c4cc(-c5ccc(O)cc5)ccc43)c(O)cc2C(C)=O)C1. The number of rotatable bonds is 14. The summed E-state index contributed by atoms with van der Waals surface area (Å²) in [6.07, 6.45) is 10.5. The molecule has 2 N–H and O–H groups in total. The van der Waals surface area contributed by atoms with Gasteiger partial charge >= 0.3 is 0 Å². The third kappa shape index (κ3) is 9.03. The minimum Gasteiger partial charge on any atom is -0.508 e. The molecule has 1 fully saturated rings. The highest BCUT2D eigenvalue weighted by molar-refractivity contribution is 6.10. The van der Waals surface area contributed by atoms with Crippen LogP contribution in [0.4, 0.5) is 0 Å². The van der Waals surface area contributed by atoms with Gasteiger partial charge in [-0.05, 0) is 156 Å². The fourth-order valence-corrected chi connectivity index (χ4v) is 8.82. The van der Waals surface area contributed by atoms with Gasteiger partial charge in [-0.1, -0.05) is 91.9 Å². The average molecular weight is 777 g/mol. The van der Waals surface area contributed by atoms with Crippen molar-refractivity contribution in [2.24, 2.45) is 11.8 Å². The van der Waals surface area contributed by atoms with Gasteiger partial charge in [0.2, 0.25) is 0 Å². The minimum atomic E-state index is -0.361. The fraction of sp³-hybridized carbons (Fsp3) is 0.365. The first kappa shape index (κ1) is 40.9. The number of aromatic nitrogens is 1. The standard InChI is InChI=1S/C52H60N2O4/c1-8-37-10-9-11-38(27-37)26-35(3)14-17-43-30-51(50(57)31-45(43)36(4)55)58-33-53(7)52(5,6)32-54-48-24-20-41(39-15-12-34(2)13-16-39)28-46(48)47-29-42(21-25-49(47)54)40-18-22-44(56)23-19-40/h12-13,15-16,18-26,28-31,37-38,56-57H,8-11,14,17,27,32-33H2,1-7H3. The number of fused-ring (bicyclic) bond motifs is 3. The van der Waals surface area contributed by atoms with Gasteiger partial charge in [0.25, 0.3) is 0 Å². The first-order valence-electron chi connectivity index (χ1n) is 21.1. The number of hydrogen-bond donors (Lipinski definition) is 2. The summed E-state index contributed by atoms with van der Waals surface area (Å²) in [5.74, 6) is 2.05. The predicted octanol–water partition coefficient (Wildman–Crippen LogP) is 12.9. The van der Waals surface area contributed by atoms with Gasteiger partial charge in [-0.15, -0.1) is 0 Å². The van der Waals surface area contributed by atoms with E-state index in [0.717, 1.165) is 40.1 Å². The van der Waals surface area contributed by atoms with Gasteiger partial charge < -0.3 is 19.5 Å². The third-order valence-electron chi connectivity index (χ3n) is 12.7. The van der Waals surface area contributed by atoms with Crippen molar-refractivity contribution in [2.45, 2.75) is 98.6 Å². The molecule has 6 aromatic rings. The predicted molar refractivity (Wildman–Crippen MR) is 240 cm³/mol. The van der Waals surface area contributed by atoms with Crippen LogP contribution in [-0.4, -0.2) is 44.8 Å². The van der Waals surface area contributed by atoms with E-state index < -0.39 is 0 Å². The fourth-order valence-electron chi connectivity index (χ4n) is 8.82. The van der Waals surface area contributed by atoms with E-state index in [-0.39, 0.29) is 29.6 Å². The zero-order valence-corrected chi connectivity index (χ0v) is 35.4. The number of ketones is 1. The molecule has 1 aliphatic rings.